The summed E-state index contributed by atoms with van der Waals surface area (Å²) in [6, 6.07) is 0. The highest BCUT2D eigenvalue weighted by atomic mass is 19.4. The molecule has 0 aromatic rings. The van der Waals surface area contributed by atoms with Gasteiger partial charge in [-0.25, -0.2) is 4.79 Å². The van der Waals surface area contributed by atoms with Gasteiger partial charge in [0.25, 0.3) is 0 Å². The average Bonchev–Trinajstić information content (AvgIpc) is 2.09. The van der Waals surface area contributed by atoms with Crippen molar-refractivity contribution in [3.05, 3.63) is 0 Å². The number of carbonyl (C=O) groups is 1. The van der Waals surface area contributed by atoms with Crippen LogP contribution in [0, 0.1) is 0 Å². The molecular formula is C8H13F3O3. The zero-order chi connectivity index (χ0) is 11.2. The van der Waals surface area contributed by atoms with Crippen LogP contribution in [-0.4, -0.2) is 32.0 Å². The summed E-state index contributed by atoms with van der Waals surface area (Å²) in [6.45, 7) is 1.33. The van der Waals surface area contributed by atoms with Gasteiger partial charge in [0.1, 0.15) is 0 Å². The average molecular weight is 214 g/mol. The third-order valence-corrected chi connectivity index (χ3v) is 1.51. The predicted octanol–water partition coefficient (Wildman–Crippen LogP) is 1.91. The third-order valence-electron chi connectivity index (χ3n) is 1.51. The van der Waals surface area contributed by atoms with Crippen molar-refractivity contribution >= 4 is 5.97 Å². The summed E-state index contributed by atoms with van der Waals surface area (Å²) < 4.78 is 44.1. The first-order chi connectivity index (χ1) is 6.37. The molecule has 3 nitrogen and oxygen atoms in total. The summed E-state index contributed by atoms with van der Waals surface area (Å²) in [5, 5.41) is 0. The van der Waals surface area contributed by atoms with Gasteiger partial charge in [0.15, 0.2) is 6.10 Å². The molecule has 6 heteroatoms. The second-order valence-electron chi connectivity index (χ2n) is 2.75. The van der Waals surface area contributed by atoms with E-state index in [1.165, 1.54) is 14.0 Å². The number of methoxy groups -OCH3 is 1. The van der Waals surface area contributed by atoms with Crippen LogP contribution < -0.4 is 0 Å². The topological polar surface area (TPSA) is 35.5 Å². The van der Waals surface area contributed by atoms with Gasteiger partial charge in [0, 0.05) is 13.0 Å². The maximum Gasteiger partial charge on any atom is 0.389 e. The molecule has 0 radical (unpaired) electrons. The third kappa shape index (κ3) is 6.71. The molecule has 1 atom stereocenters. The number of carbonyl (C=O) groups excluding carboxylic acids is 1. The van der Waals surface area contributed by atoms with Gasteiger partial charge in [0.2, 0.25) is 0 Å². The van der Waals surface area contributed by atoms with E-state index in [0.29, 0.717) is 0 Å². The Bertz CT molecular complexity index is 179. The smallest absolute Gasteiger partial charge is 0.389 e. The molecule has 0 spiro atoms. The van der Waals surface area contributed by atoms with E-state index in [-0.39, 0.29) is 13.0 Å². The minimum atomic E-state index is -4.17. The van der Waals surface area contributed by atoms with Gasteiger partial charge >= 0.3 is 12.1 Å². The highest BCUT2D eigenvalue weighted by Gasteiger charge is 2.26. The predicted molar refractivity (Wildman–Crippen MR) is 42.7 cm³/mol. The second kappa shape index (κ2) is 5.85. The maximum absolute atomic E-state index is 11.7. The molecule has 0 aliphatic rings. The Morgan fingerprint density at radius 2 is 2.00 bits per heavy atom. The fourth-order valence-corrected chi connectivity index (χ4v) is 0.767. The molecule has 0 rings (SSSR count). The van der Waals surface area contributed by atoms with Crippen LogP contribution in [0.4, 0.5) is 13.2 Å². The van der Waals surface area contributed by atoms with Crippen molar-refractivity contribution in [3.63, 3.8) is 0 Å². The lowest BCUT2D eigenvalue weighted by atomic mass is 10.3. The number of alkyl halides is 3. The number of rotatable bonds is 5. The van der Waals surface area contributed by atoms with Crippen LogP contribution >= 0.6 is 0 Å². The Kier molecular flexibility index (Phi) is 5.52. The molecule has 0 amide bonds. The zero-order valence-electron chi connectivity index (χ0n) is 8.06. The molecule has 0 aromatic carbocycles. The fourth-order valence-electron chi connectivity index (χ4n) is 0.767. The van der Waals surface area contributed by atoms with E-state index in [2.05, 4.69) is 4.74 Å². The minimum absolute atomic E-state index is 0.101. The Hall–Kier alpha value is -0.780. The van der Waals surface area contributed by atoms with E-state index < -0.39 is 24.7 Å². The number of hydrogen-bond donors (Lipinski definition) is 0. The number of halogens is 3. The first-order valence-corrected chi connectivity index (χ1v) is 4.13. The van der Waals surface area contributed by atoms with Crippen LogP contribution in [0.1, 0.15) is 19.8 Å². The molecule has 0 aliphatic carbocycles. The Morgan fingerprint density at radius 3 is 2.43 bits per heavy atom. The summed E-state index contributed by atoms with van der Waals surface area (Å²) in [5.74, 6) is -0.586. The summed E-state index contributed by atoms with van der Waals surface area (Å²) in [7, 11) is 1.19. The lowest BCUT2D eigenvalue weighted by molar-refractivity contribution is -0.154. The highest BCUT2D eigenvalue weighted by Crippen LogP contribution is 2.21. The summed E-state index contributed by atoms with van der Waals surface area (Å²) in [4.78, 5) is 10.7. The lowest BCUT2D eigenvalue weighted by Gasteiger charge is -2.11. The second-order valence-corrected chi connectivity index (χ2v) is 2.75. The van der Waals surface area contributed by atoms with Crippen LogP contribution in [0.25, 0.3) is 0 Å². The van der Waals surface area contributed by atoms with Gasteiger partial charge in [0.05, 0.1) is 7.11 Å². The van der Waals surface area contributed by atoms with E-state index >= 15 is 0 Å². The molecule has 84 valence electrons. The Labute approximate surface area is 80.2 Å². The maximum atomic E-state index is 11.7. The fraction of sp³-hybridized carbons (Fsp3) is 0.875. The molecule has 0 aromatic heterocycles. The van der Waals surface area contributed by atoms with Crippen LogP contribution in [0.15, 0.2) is 0 Å². The molecule has 0 bridgehead atoms. The molecule has 0 aliphatic heterocycles. The van der Waals surface area contributed by atoms with Crippen LogP contribution in [-0.2, 0) is 14.3 Å². The van der Waals surface area contributed by atoms with Gasteiger partial charge in [-0.2, -0.15) is 13.2 Å². The van der Waals surface area contributed by atoms with E-state index in [0.717, 1.165) is 0 Å². The van der Waals surface area contributed by atoms with E-state index in [1.54, 1.807) is 0 Å². The van der Waals surface area contributed by atoms with Crippen LogP contribution in [0.3, 0.4) is 0 Å². The van der Waals surface area contributed by atoms with Crippen LogP contribution in [0.5, 0.6) is 0 Å². The number of ether oxygens (including phenoxy) is 2. The summed E-state index contributed by atoms with van der Waals surface area (Å²) in [6.07, 6.45) is -6.03. The van der Waals surface area contributed by atoms with E-state index in [4.69, 9.17) is 4.74 Å². The SMILES string of the molecule is COC(=O)[C@@H](C)OCCCC(F)(F)F. The minimum Gasteiger partial charge on any atom is -0.467 e. The van der Waals surface area contributed by atoms with Crippen molar-refractivity contribution in [3.8, 4) is 0 Å². The number of esters is 1. The van der Waals surface area contributed by atoms with Crippen molar-refractivity contribution in [2.75, 3.05) is 13.7 Å². The van der Waals surface area contributed by atoms with Crippen molar-refractivity contribution in [2.24, 2.45) is 0 Å². The molecule has 0 fully saturated rings. The Balaban J connectivity index is 3.50. The first kappa shape index (κ1) is 13.2. The highest BCUT2D eigenvalue weighted by molar-refractivity contribution is 5.73. The van der Waals surface area contributed by atoms with Crippen molar-refractivity contribution in [1.29, 1.82) is 0 Å². The number of hydrogen-bond acceptors (Lipinski definition) is 3. The summed E-state index contributed by atoms with van der Waals surface area (Å²) >= 11 is 0. The first-order valence-electron chi connectivity index (χ1n) is 4.13. The van der Waals surface area contributed by atoms with E-state index in [9.17, 15) is 18.0 Å². The largest absolute Gasteiger partial charge is 0.467 e. The molecule has 14 heavy (non-hydrogen) atoms. The quantitative estimate of drug-likeness (QED) is 0.518. The summed E-state index contributed by atoms with van der Waals surface area (Å²) in [5.41, 5.74) is 0. The molecule has 0 heterocycles. The van der Waals surface area contributed by atoms with Crippen molar-refractivity contribution in [1.82, 2.24) is 0 Å². The normalized spacial score (nSPS) is 13.8. The van der Waals surface area contributed by atoms with Crippen LogP contribution in [0.2, 0.25) is 0 Å². The van der Waals surface area contributed by atoms with Crippen molar-refractivity contribution in [2.45, 2.75) is 32.0 Å². The van der Waals surface area contributed by atoms with Gasteiger partial charge in [-0.3, -0.25) is 0 Å². The molecular weight excluding hydrogens is 201 g/mol. The monoisotopic (exact) mass is 214 g/mol. The Morgan fingerprint density at radius 1 is 1.43 bits per heavy atom. The zero-order valence-corrected chi connectivity index (χ0v) is 8.06. The lowest BCUT2D eigenvalue weighted by Crippen LogP contribution is -2.23. The molecule has 0 saturated carbocycles. The molecule has 0 unspecified atom stereocenters. The van der Waals surface area contributed by atoms with E-state index in [1.807, 2.05) is 0 Å². The van der Waals surface area contributed by atoms with Gasteiger partial charge in [-0.05, 0) is 13.3 Å². The standard InChI is InChI=1S/C8H13F3O3/c1-6(7(12)13-2)14-5-3-4-8(9,10)11/h6H,3-5H2,1-2H3/t6-/m1/s1. The molecule has 0 saturated heterocycles. The van der Waals surface area contributed by atoms with Crippen molar-refractivity contribution < 1.29 is 27.4 Å². The van der Waals surface area contributed by atoms with Gasteiger partial charge in [-0.1, -0.05) is 0 Å². The van der Waals surface area contributed by atoms with Gasteiger partial charge in [-0.15, -0.1) is 0 Å². The molecule has 0 N–H and O–H groups in total. The van der Waals surface area contributed by atoms with Gasteiger partial charge < -0.3 is 9.47 Å².